The number of hydrogen-bond donors (Lipinski definition) is 2. The van der Waals surface area contributed by atoms with E-state index in [9.17, 15) is 9.18 Å². The van der Waals surface area contributed by atoms with Gasteiger partial charge in [0.05, 0.1) is 0 Å². The van der Waals surface area contributed by atoms with Gasteiger partial charge < -0.3 is 11.1 Å². The van der Waals surface area contributed by atoms with E-state index >= 15 is 0 Å². The summed E-state index contributed by atoms with van der Waals surface area (Å²) < 4.78 is 14.2. The summed E-state index contributed by atoms with van der Waals surface area (Å²) in [6, 6.07) is 12.0. The Kier molecular flexibility index (Phi) is 3.45. The van der Waals surface area contributed by atoms with Crippen LogP contribution in [0.3, 0.4) is 0 Å². The van der Waals surface area contributed by atoms with E-state index in [0.717, 1.165) is 21.3 Å². The summed E-state index contributed by atoms with van der Waals surface area (Å²) in [5, 5.41) is 3.25. The molecule has 0 bridgehead atoms. The van der Waals surface area contributed by atoms with E-state index in [1.807, 2.05) is 24.3 Å². The number of anilines is 1. The molecule has 3 N–H and O–H groups in total. The Morgan fingerprint density at radius 1 is 1.29 bits per heavy atom. The molecule has 0 radical (unpaired) electrons. The first-order valence-electron chi connectivity index (χ1n) is 6.64. The molecule has 0 aromatic heterocycles. The van der Waals surface area contributed by atoms with Crippen molar-refractivity contribution in [2.24, 2.45) is 5.73 Å². The second-order valence-electron chi connectivity index (χ2n) is 5.18. The molecule has 3 nitrogen and oxygen atoms in total. The SMILES string of the molecule is NC(=O)C1(Nc2ccccc2Br)CCc2cc(F)ccc21. The quantitative estimate of drug-likeness (QED) is 0.893. The number of fused-ring (bicyclic) bond motifs is 1. The zero-order chi connectivity index (χ0) is 15.0. The third-order valence-electron chi connectivity index (χ3n) is 3.94. The Hall–Kier alpha value is -1.88. The van der Waals surface area contributed by atoms with Crippen molar-refractivity contribution in [1.29, 1.82) is 0 Å². The number of carbonyl (C=O) groups excluding carboxylic acids is 1. The Balaban J connectivity index is 2.08. The fourth-order valence-corrected chi connectivity index (χ4v) is 3.27. The van der Waals surface area contributed by atoms with Crippen LogP contribution in [0.1, 0.15) is 17.5 Å². The van der Waals surface area contributed by atoms with E-state index in [1.165, 1.54) is 12.1 Å². The lowest BCUT2D eigenvalue weighted by molar-refractivity contribution is -0.122. The van der Waals surface area contributed by atoms with E-state index in [0.29, 0.717) is 12.8 Å². The number of halogens is 2. The Labute approximate surface area is 130 Å². The second-order valence-corrected chi connectivity index (χ2v) is 6.03. The van der Waals surface area contributed by atoms with Crippen molar-refractivity contribution in [3.63, 3.8) is 0 Å². The van der Waals surface area contributed by atoms with Crippen LogP contribution in [-0.4, -0.2) is 5.91 Å². The minimum Gasteiger partial charge on any atom is -0.367 e. The van der Waals surface area contributed by atoms with Gasteiger partial charge in [0.1, 0.15) is 11.4 Å². The van der Waals surface area contributed by atoms with Crippen LogP contribution in [0.4, 0.5) is 10.1 Å². The highest BCUT2D eigenvalue weighted by Crippen LogP contribution is 2.41. The standard InChI is InChI=1S/C16H14BrFN2O/c17-13-3-1-2-4-14(13)20-16(15(19)21)8-7-10-9-11(18)5-6-12(10)16/h1-6,9,20H,7-8H2,(H2,19,21). The van der Waals surface area contributed by atoms with Crippen molar-refractivity contribution >= 4 is 27.5 Å². The summed E-state index contributed by atoms with van der Waals surface area (Å²) in [6.07, 6.45) is 1.13. The van der Waals surface area contributed by atoms with Gasteiger partial charge >= 0.3 is 0 Å². The fourth-order valence-electron chi connectivity index (χ4n) is 2.88. The first kappa shape index (κ1) is 14.1. The van der Waals surface area contributed by atoms with Crippen LogP contribution in [0.2, 0.25) is 0 Å². The molecule has 21 heavy (non-hydrogen) atoms. The van der Waals surface area contributed by atoms with Crippen LogP contribution < -0.4 is 11.1 Å². The molecule has 0 spiro atoms. The number of nitrogens with one attached hydrogen (secondary N) is 1. The van der Waals surface area contributed by atoms with Crippen molar-refractivity contribution < 1.29 is 9.18 Å². The normalized spacial score (nSPS) is 20.1. The maximum Gasteiger partial charge on any atom is 0.247 e. The summed E-state index contributed by atoms with van der Waals surface area (Å²) in [5.41, 5.74) is 7.05. The van der Waals surface area contributed by atoms with Gasteiger partial charge in [-0.1, -0.05) is 18.2 Å². The minimum absolute atomic E-state index is 0.296. The first-order chi connectivity index (χ1) is 10.0. The Morgan fingerprint density at radius 3 is 2.76 bits per heavy atom. The summed E-state index contributed by atoms with van der Waals surface area (Å²) in [4.78, 5) is 12.1. The zero-order valence-electron chi connectivity index (χ0n) is 11.2. The third kappa shape index (κ3) is 2.31. The smallest absolute Gasteiger partial charge is 0.247 e. The molecule has 2 aromatic carbocycles. The molecule has 1 unspecified atom stereocenters. The lowest BCUT2D eigenvalue weighted by atomic mass is 9.90. The molecule has 0 heterocycles. The number of para-hydroxylation sites is 1. The summed E-state index contributed by atoms with van der Waals surface area (Å²) in [5.74, 6) is -0.751. The molecule has 0 aliphatic heterocycles. The Morgan fingerprint density at radius 2 is 2.05 bits per heavy atom. The van der Waals surface area contributed by atoms with E-state index in [4.69, 9.17) is 5.73 Å². The largest absolute Gasteiger partial charge is 0.367 e. The van der Waals surface area contributed by atoms with E-state index in [1.54, 1.807) is 6.07 Å². The van der Waals surface area contributed by atoms with Crippen molar-refractivity contribution in [2.45, 2.75) is 18.4 Å². The van der Waals surface area contributed by atoms with Crippen molar-refractivity contribution in [2.75, 3.05) is 5.32 Å². The molecule has 3 rings (SSSR count). The topological polar surface area (TPSA) is 55.1 Å². The van der Waals surface area contributed by atoms with Gasteiger partial charge in [0.15, 0.2) is 0 Å². The van der Waals surface area contributed by atoms with Gasteiger partial charge in [-0.25, -0.2) is 4.39 Å². The van der Waals surface area contributed by atoms with E-state index in [-0.39, 0.29) is 5.82 Å². The van der Waals surface area contributed by atoms with Gasteiger partial charge in [-0.15, -0.1) is 0 Å². The molecular formula is C16H14BrFN2O. The van der Waals surface area contributed by atoms with Gasteiger partial charge in [-0.3, -0.25) is 4.79 Å². The first-order valence-corrected chi connectivity index (χ1v) is 7.44. The van der Waals surface area contributed by atoms with Crippen LogP contribution in [0, 0.1) is 5.82 Å². The Bertz CT molecular complexity index is 719. The lowest BCUT2D eigenvalue weighted by Crippen LogP contribution is -2.46. The van der Waals surface area contributed by atoms with Crippen LogP contribution >= 0.6 is 15.9 Å². The van der Waals surface area contributed by atoms with Gasteiger partial charge in [-0.2, -0.15) is 0 Å². The number of aryl methyl sites for hydroxylation is 1. The van der Waals surface area contributed by atoms with Gasteiger partial charge in [-0.05, 0) is 64.2 Å². The maximum atomic E-state index is 13.4. The second kappa shape index (κ2) is 5.15. The molecule has 1 amide bonds. The van der Waals surface area contributed by atoms with Crippen molar-refractivity contribution in [3.05, 3.63) is 63.9 Å². The highest BCUT2D eigenvalue weighted by atomic mass is 79.9. The maximum absolute atomic E-state index is 13.4. The highest BCUT2D eigenvalue weighted by Gasteiger charge is 2.44. The van der Waals surface area contributed by atoms with Crippen LogP contribution in [0.15, 0.2) is 46.9 Å². The number of carbonyl (C=O) groups is 1. The van der Waals surface area contributed by atoms with Gasteiger partial charge in [0.25, 0.3) is 0 Å². The van der Waals surface area contributed by atoms with E-state index < -0.39 is 11.4 Å². The molecular weight excluding hydrogens is 335 g/mol. The summed E-state index contributed by atoms with van der Waals surface area (Å²) in [7, 11) is 0. The number of hydrogen-bond acceptors (Lipinski definition) is 2. The number of benzene rings is 2. The average molecular weight is 349 g/mol. The van der Waals surface area contributed by atoms with Crippen LogP contribution in [0.25, 0.3) is 0 Å². The molecule has 5 heteroatoms. The minimum atomic E-state index is -0.993. The molecule has 0 fully saturated rings. The predicted molar refractivity (Wildman–Crippen MR) is 83.4 cm³/mol. The van der Waals surface area contributed by atoms with Crippen LogP contribution in [0.5, 0.6) is 0 Å². The molecule has 1 atom stereocenters. The summed E-state index contributed by atoms with van der Waals surface area (Å²) in [6.45, 7) is 0. The fraction of sp³-hybridized carbons (Fsp3) is 0.188. The van der Waals surface area contributed by atoms with E-state index in [2.05, 4.69) is 21.2 Å². The molecule has 2 aromatic rings. The van der Waals surface area contributed by atoms with Gasteiger partial charge in [0.2, 0.25) is 5.91 Å². The van der Waals surface area contributed by atoms with Crippen molar-refractivity contribution in [1.82, 2.24) is 0 Å². The number of primary amides is 1. The zero-order valence-corrected chi connectivity index (χ0v) is 12.8. The molecule has 108 valence electrons. The highest BCUT2D eigenvalue weighted by molar-refractivity contribution is 9.10. The van der Waals surface area contributed by atoms with Gasteiger partial charge in [0, 0.05) is 10.2 Å². The molecule has 1 aliphatic carbocycles. The number of rotatable bonds is 3. The van der Waals surface area contributed by atoms with Crippen molar-refractivity contribution in [3.8, 4) is 0 Å². The summed E-state index contributed by atoms with van der Waals surface area (Å²) >= 11 is 3.45. The molecule has 0 saturated heterocycles. The third-order valence-corrected chi connectivity index (χ3v) is 4.63. The number of amides is 1. The molecule has 0 saturated carbocycles. The number of nitrogens with two attached hydrogens (primary N) is 1. The van der Waals surface area contributed by atoms with Crippen LogP contribution in [-0.2, 0) is 16.8 Å². The molecule has 1 aliphatic rings. The lowest BCUT2D eigenvalue weighted by Gasteiger charge is -2.30. The average Bonchev–Trinajstić information content (AvgIpc) is 2.81. The monoisotopic (exact) mass is 348 g/mol. The predicted octanol–water partition coefficient (Wildman–Crippen LogP) is 3.33.